The van der Waals surface area contributed by atoms with Crippen LogP contribution in [0, 0.1) is 30.6 Å². The summed E-state index contributed by atoms with van der Waals surface area (Å²) in [6.45, 7) is 6.03. The number of nitrogens with one attached hydrogen (secondary N) is 3. The van der Waals surface area contributed by atoms with Crippen LogP contribution in [0.5, 0.6) is 0 Å². The molecule has 0 aromatic carbocycles. The molecular formula is C24H25N11O. The van der Waals surface area contributed by atoms with E-state index in [0.29, 0.717) is 23.4 Å². The molecular weight excluding hydrogens is 458 g/mol. The molecule has 1 aliphatic heterocycles. The van der Waals surface area contributed by atoms with Crippen molar-refractivity contribution in [2.45, 2.75) is 26.8 Å². The SMILES string of the molecule is Cc1cc(Nc2cc(C)[nH]n2)nc(N2CC(C#N)(C(=O)N[C@@H](C)c3ccc(-n4cccn4)nc3)C2)n1. The summed E-state index contributed by atoms with van der Waals surface area (Å²) in [5, 5.41) is 27.2. The Balaban J connectivity index is 1.24. The van der Waals surface area contributed by atoms with Crippen LogP contribution in [-0.4, -0.2) is 53.9 Å². The largest absolute Gasteiger partial charge is 0.348 e. The zero-order valence-corrected chi connectivity index (χ0v) is 20.1. The number of nitriles is 1. The number of nitrogens with zero attached hydrogens (tertiary/aromatic N) is 8. The van der Waals surface area contributed by atoms with Crippen molar-refractivity contribution in [3.8, 4) is 11.9 Å². The van der Waals surface area contributed by atoms with Crippen LogP contribution in [0.25, 0.3) is 5.82 Å². The topological polar surface area (TPSA) is 153 Å². The lowest BCUT2D eigenvalue weighted by Gasteiger charge is -2.44. The van der Waals surface area contributed by atoms with Crippen molar-refractivity contribution < 1.29 is 4.79 Å². The number of rotatable bonds is 7. The van der Waals surface area contributed by atoms with Gasteiger partial charge in [-0.3, -0.25) is 9.89 Å². The highest BCUT2D eigenvalue weighted by atomic mass is 16.2. The summed E-state index contributed by atoms with van der Waals surface area (Å²) in [4.78, 5) is 28.4. The predicted octanol–water partition coefficient (Wildman–Crippen LogP) is 2.35. The number of hydrogen-bond acceptors (Lipinski definition) is 9. The molecule has 1 saturated heterocycles. The normalized spacial score (nSPS) is 15.0. The van der Waals surface area contributed by atoms with Gasteiger partial charge in [0.05, 0.1) is 25.2 Å². The lowest BCUT2D eigenvalue weighted by Crippen LogP contribution is -2.63. The monoisotopic (exact) mass is 483 g/mol. The molecule has 0 bridgehead atoms. The van der Waals surface area contributed by atoms with Gasteiger partial charge in [-0.05, 0) is 38.5 Å². The molecule has 5 heterocycles. The number of hydrogen-bond donors (Lipinski definition) is 3. The first-order chi connectivity index (χ1) is 17.3. The Morgan fingerprint density at radius 1 is 1.22 bits per heavy atom. The molecule has 1 amide bonds. The van der Waals surface area contributed by atoms with E-state index >= 15 is 0 Å². The van der Waals surface area contributed by atoms with E-state index in [1.807, 2.05) is 56.0 Å². The molecule has 0 aliphatic carbocycles. The lowest BCUT2D eigenvalue weighted by atomic mass is 9.80. The van der Waals surface area contributed by atoms with Crippen molar-refractivity contribution in [3.63, 3.8) is 0 Å². The number of H-pyrrole nitrogens is 1. The van der Waals surface area contributed by atoms with E-state index in [4.69, 9.17) is 0 Å². The van der Waals surface area contributed by atoms with E-state index in [-0.39, 0.29) is 25.0 Å². The maximum Gasteiger partial charge on any atom is 0.244 e. The van der Waals surface area contributed by atoms with E-state index < -0.39 is 5.41 Å². The van der Waals surface area contributed by atoms with Crippen molar-refractivity contribution in [2.75, 3.05) is 23.3 Å². The molecule has 0 spiro atoms. The van der Waals surface area contributed by atoms with Gasteiger partial charge in [0.15, 0.2) is 17.1 Å². The standard InChI is InChI=1S/C24H25N11O/c1-15-9-19(30-20-10-16(2)32-33-20)31-23(28-15)34-13-24(12-25,14-34)22(36)29-17(3)18-5-6-21(26-11-18)35-8-4-7-27-35/h4-11,17H,13-14H2,1-3H3,(H,29,36)(H2,28,30,31,32,33)/t17-/m0/s1. The number of aromatic amines is 1. The molecule has 1 aliphatic rings. The Bertz CT molecular complexity index is 1410. The van der Waals surface area contributed by atoms with E-state index in [0.717, 1.165) is 17.0 Å². The smallest absolute Gasteiger partial charge is 0.244 e. The first kappa shape index (κ1) is 23.0. The van der Waals surface area contributed by atoms with E-state index in [2.05, 4.69) is 47.0 Å². The fraction of sp³-hybridized carbons (Fsp3) is 0.292. The molecule has 12 nitrogen and oxygen atoms in total. The van der Waals surface area contributed by atoms with Crippen LogP contribution in [0.4, 0.5) is 17.6 Å². The second kappa shape index (κ2) is 9.10. The van der Waals surface area contributed by atoms with Crippen molar-refractivity contribution in [1.82, 2.24) is 40.2 Å². The van der Waals surface area contributed by atoms with Crippen molar-refractivity contribution in [1.29, 1.82) is 5.26 Å². The zero-order chi connectivity index (χ0) is 25.3. The molecule has 1 fully saturated rings. The number of carbonyl (C=O) groups is 1. The molecule has 4 aromatic rings. The Morgan fingerprint density at radius 2 is 2.06 bits per heavy atom. The van der Waals surface area contributed by atoms with Crippen LogP contribution < -0.4 is 15.5 Å². The van der Waals surface area contributed by atoms with Crippen LogP contribution in [0.15, 0.2) is 48.9 Å². The van der Waals surface area contributed by atoms with Gasteiger partial charge in [-0.15, -0.1) is 0 Å². The van der Waals surface area contributed by atoms with Crippen LogP contribution in [0.3, 0.4) is 0 Å². The molecule has 1 atom stereocenters. The van der Waals surface area contributed by atoms with Crippen molar-refractivity contribution in [2.24, 2.45) is 5.41 Å². The van der Waals surface area contributed by atoms with Gasteiger partial charge < -0.3 is 15.5 Å². The number of aromatic nitrogens is 7. The van der Waals surface area contributed by atoms with Gasteiger partial charge in [0.2, 0.25) is 11.9 Å². The van der Waals surface area contributed by atoms with Crippen molar-refractivity contribution in [3.05, 3.63) is 65.9 Å². The Morgan fingerprint density at radius 3 is 2.69 bits per heavy atom. The molecule has 0 radical (unpaired) electrons. The summed E-state index contributed by atoms with van der Waals surface area (Å²) in [6.07, 6.45) is 5.19. The summed E-state index contributed by atoms with van der Waals surface area (Å²) >= 11 is 0. The minimum atomic E-state index is -1.18. The van der Waals surface area contributed by atoms with E-state index in [9.17, 15) is 10.1 Å². The number of pyridine rings is 1. The Labute approximate surface area is 207 Å². The molecule has 3 N–H and O–H groups in total. The third kappa shape index (κ3) is 4.46. The zero-order valence-electron chi connectivity index (χ0n) is 20.1. The third-order valence-corrected chi connectivity index (χ3v) is 6.02. The molecule has 5 rings (SSSR count). The number of carbonyl (C=O) groups excluding carboxylic acids is 1. The highest BCUT2D eigenvalue weighted by Gasteiger charge is 2.51. The van der Waals surface area contributed by atoms with Gasteiger partial charge in [0, 0.05) is 42.1 Å². The van der Waals surface area contributed by atoms with Crippen LogP contribution in [0.1, 0.15) is 29.9 Å². The maximum atomic E-state index is 13.1. The molecule has 182 valence electrons. The average Bonchev–Trinajstić information content (AvgIpc) is 3.51. The lowest BCUT2D eigenvalue weighted by molar-refractivity contribution is -0.130. The first-order valence-corrected chi connectivity index (χ1v) is 11.4. The third-order valence-electron chi connectivity index (χ3n) is 6.02. The molecule has 0 unspecified atom stereocenters. The Hall–Kier alpha value is -4.79. The van der Waals surface area contributed by atoms with E-state index in [1.165, 1.54) is 0 Å². The second-order valence-corrected chi connectivity index (χ2v) is 8.90. The fourth-order valence-electron chi connectivity index (χ4n) is 4.00. The molecule has 36 heavy (non-hydrogen) atoms. The van der Waals surface area contributed by atoms with Gasteiger partial charge in [0.1, 0.15) is 5.82 Å². The summed E-state index contributed by atoms with van der Waals surface area (Å²) in [7, 11) is 0. The quantitative estimate of drug-likeness (QED) is 0.359. The first-order valence-electron chi connectivity index (χ1n) is 11.4. The van der Waals surface area contributed by atoms with Crippen LogP contribution >= 0.6 is 0 Å². The number of amides is 1. The summed E-state index contributed by atoms with van der Waals surface area (Å²) in [6, 6.07) is 11.1. The summed E-state index contributed by atoms with van der Waals surface area (Å²) in [5.74, 6) is 2.03. The van der Waals surface area contributed by atoms with Gasteiger partial charge in [-0.1, -0.05) is 6.07 Å². The highest BCUT2D eigenvalue weighted by Crippen LogP contribution is 2.34. The van der Waals surface area contributed by atoms with Gasteiger partial charge in [-0.2, -0.15) is 20.4 Å². The molecule has 12 heteroatoms. The Kier molecular flexibility index (Phi) is 5.81. The average molecular weight is 484 g/mol. The number of aryl methyl sites for hydroxylation is 2. The minimum Gasteiger partial charge on any atom is -0.348 e. The molecule has 0 saturated carbocycles. The maximum absolute atomic E-state index is 13.1. The predicted molar refractivity (Wildman–Crippen MR) is 132 cm³/mol. The van der Waals surface area contributed by atoms with Gasteiger partial charge in [-0.25, -0.2) is 14.6 Å². The highest BCUT2D eigenvalue weighted by molar-refractivity contribution is 5.89. The molecule has 4 aromatic heterocycles. The van der Waals surface area contributed by atoms with Crippen molar-refractivity contribution >= 4 is 23.5 Å². The number of anilines is 3. The minimum absolute atomic E-state index is 0.197. The van der Waals surface area contributed by atoms with Crippen LogP contribution in [0.2, 0.25) is 0 Å². The van der Waals surface area contributed by atoms with Gasteiger partial charge in [0.25, 0.3) is 0 Å². The second-order valence-electron chi connectivity index (χ2n) is 8.90. The fourth-order valence-corrected chi connectivity index (χ4v) is 4.00. The summed E-state index contributed by atoms with van der Waals surface area (Å²) < 4.78 is 1.66. The van der Waals surface area contributed by atoms with Gasteiger partial charge >= 0.3 is 0 Å². The van der Waals surface area contributed by atoms with E-state index in [1.54, 1.807) is 23.3 Å². The summed E-state index contributed by atoms with van der Waals surface area (Å²) in [5.41, 5.74) is 1.33. The van der Waals surface area contributed by atoms with Crippen LogP contribution in [-0.2, 0) is 4.79 Å².